The van der Waals surface area contributed by atoms with Gasteiger partial charge in [0.1, 0.15) is 0 Å². The molecule has 2 heterocycles. The van der Waals surface area contributed by atoms with Crippen LogP contribution in [0, 0.1) is 0 Å². The second kappa shape index (κ2) is 9.66. The molecule has 2 aromatic rings. The zero-order valence-electron chi connectivity index (χ0n) is 15.6. The third-order valence-electron chi connectivity index (χ3n) is 4.25. The van der Waals surface area contributed by atoms with Crippen molar-refractivity contribution in [3.63, 3.8) is 0 Å². The number of guanidine groups is 1. The zero-order valence-corrected chi connectivity index (χ0v) is 15.6. The average Bonchev–Trinajstić information content (AvgIpc) is 2.93. The van der Waals surface area contributed by atoms with E-state index in [2.05, 4.69) is 15.6 Å². The molecular formula is C20H26N4O3. The topological polar surface area (TPSA) is 76.9 Å². The maximum absolute atomic E-state index is 11.7. The van der Waals surface area contributed by atoms with Crippen molar-refractivity contribution in [3.8, 4) is 11.5 Å². The lowest BCUT2D eigenvalue weighted by atomic mass is 10.2. The average molecular weight is 370 g/mol. The summed E-state index contributed by atoms with van der Waals surface area (Å²) < 4.78 is 13.1. The summed E-state index contributed by atoms with van der Waals surface area (Å²) in [6.45, 7) is 2.83. The van der Waals surface area contributed by atoms with Crippen LogP contribution in [0.15, 0.2) is 52.4 Å². The van der Waals surface area contributed by atoms with Crippen molar-refractivity contribution in [1.82, 2.24) is 9.88 Å². The Bertz CT molecular complexity index is 832. The minimum atomic E-state index is 0.0392. The number of benzene rings is 1. The van der Waals surface area contributed by atoms with Crippen molar-refractivity contribution in [2.24, 2.45) is 4.99 Å². The van der Waals surface area contributed by atoms with Crippen molar-refractivity contribution < 1.29 is 9.47 Å². The first-order valence-corrected chi connectivity index (χ1v) is 9.29. The van der Waals surface area contributed by atoms with Crippen LogP contribution in [0.5, 0.6) is 11.5 Å². The largest absolute Gasteiger partial charge is 0.490 e. The van der Waals surface area contributed by atoms with Gasteiger partial charge in [-0.05, 0) is 31.0 Å². The van der Waals surface area contributed by atoms with Crippen LogP contribution in [-0.2, 0) is 6.54 Å². The summed E-state index contributed by atoms with van der Waals surface area (Å²) in [6, 6.07) is 11.0. The smallest absolute Gasteiger partial charge is 0.250 e. The Morgan fingerprint density at radius 2 is 2.00 bits per heavy atom. The maximum Gasteiger partial charge on any atom is 0.250 e. The Balaban J connectivity index is 1.45. The Morgan fingerprint density at radius 3 is 2.81 bits per heavy atom. The van der Waals surface area contributed by atoms with E-state index >= 15 is 0 Å². The summed E-state index contributed by atoms with van der Waals surface area (Å²) in [5.41, 5.74) is 0.931. The number of rotatable bonds is 6. The number of aliphatic imine (C=N–C) groups is 1. The molecule has 0 saturated heterocycles. The molecule has 1 aromatic carbocycles. The molecule has 0 atom stereocenters. The molecule has 1 aliphatic heterocycles. The summed E-state index contributed by atoms with van der Waals surface area (Å²) in [7, 11) is 1.74. The van der Waals surface area contributed by atoms with Crippen molar-refractivity contribution in [2.45, 2.75) is 25.8 Å². The molecule has 0 amide bonds. The van der Waals surface area contributed by atoms with Gasteiger partial charge in [-0.2, -0.15) is 0 Å². The van der Waals surface area contributed by atoms with E-state index < -0.39 is 0 Å². The van der Waals surface area contributed by atoms with E-state index in [1.54, 1.807) is 23.7 Å². The van der Waals surface area contributed by atoms with Gasteiger partial charge in [0.05, 0.1) is 13.2 Å². The van der Waals surface area contributed by atoms with E-state index in [1.807, 2.05) is 30.5 Å². The molecule has 0 saturated carbocycles. The third-order valence-corrected chi connectivity index (χ3v) is 4.25. The molecule has 144 valence electrons. The number of aryl methyl sites for hydroxylation is 1. The molecule has 0 radical (unpaired) electrons. The fraction of sp³-hybridized carbons (Fsp3) is 0.400. The number of hydrogen-bond acceptors (Lipinski definition) is 4. The summed E-state index contributed by atoms with van der Waals surface area (Å²) in [6.07, 6.45) is 4.55. The summed E-state index contributed by atoms with van der Waals surface area (Å²) in [5, 5.41) is 6.56. The first kappa shape index (κ1) is 18.8. The van der Waals surface area contributed by atoms with Crippen molar-refractivity contribution in [2.75, 3.05) is 32.1 Å². The number of aromatic nitrogens is 1. The van der Waals surface area contributed by atoms with Crippen molar-refractivity contribution >= 4 is 11.6 Å². The monoisotopic (exact) mass is 370 g/mol. The van der Waals surface area contributed by atoms with Crippen LogP contribution in [0.3, 0.4) is 0 Å². The Hall–Kier alpha value is -2.96. The normalized spacial score (nSPS) is 13.7. The minimum absolute atomic E-state index is 0.0392. The molecule has 0 aliphatic carbocycles. The molecule has 0 spiro atoms. The highest BCUT2D eigenvalue weighted by atomic mass is 16.5. The van der Waals surface area contributed by atoms with Crippen molar-refractivity contribution in [1.29, 1.82) is 0 Å². The van der Waals surface area contributed by atoms with E-state index in [4.69, 9.17) is 9.47 Å². The third kappa shape index (κ3) is 5.51. The fourth-order valence-electron chi connectivity index (χ4n) is 2.82. The first-order chi connectivity index (χ1) is 13.3. The summed E-state index contributed by atoms with van der Waals surface area (Å²) >= 11 is 0. The Morgan fingerprint density at radius 1 is 1.15 bits per heavy atom. The predicted molar refractivity (Wildman–Crippen MR) is 107 cm³/mol. The van der Waals surface area contributed by atoms with E-state index in [0.717, 1.165) is 49.5 Å². The highest BCUT2D eigenvalue weighted by Gasteiger charge is 2.11. The van der Waals surface area contributed by atoms with Crippen LogP contribution in [-0.4, -0.2) is 37.3 Å². The summed E-state index contributed by atoms with van der Waals surface area (Å²) in [5.74, 6) is 2.22. The molecular weight excluding hydrogens is 344 g/mol. The van der Waals surface area contributed by atoms with Gasteiger partial charge in [0.15, 0.2) is 17.5 Å². The van der Waals surface area contributed by atoms with Gasteiger partial charge >= 0.3 is 0 Å². The van der Waals surface area contributed by atoms with Gasteiger partial charge in [0.25, 0.3) is 0 Å². The lowest BCUT2D eigenvalue weighted by Crippen LogP contribution is -2.31. The molecule has 7 nitrogen and oxygen atoms in total. The second-order valence-electron chi connectivity index (χ2n) is 6.28. The molecule has 3 rings (SSSR count). The number of hydrogen-bond donors (Lipinski definition) is 2. The number of anilines is 1. The van der Waals surface area contributed by atoms with E-state index in [0.29, 0.717) is 19.2 Å². The lowest BCUT2D eigenvalue weighted by Gasteiger charge is -2.14. The fourth-order valence-corrected chi connectivity index (χ4v) is 2.82. The number of nitrogens with one attached hydrogen (secondary N) is 2. The molecule has 0 fully saturated rings. The van der Waals surface area contributed by atoms with Crippen molar-refractivity contribution in [3.05, 3.63) is 52.9 Å². The lowest BCUT2D eigenvalue weighted by molar-refractivity contribution is 0.297. The van der Waals surface area contributed by atoms with Crippen LogP contribution < -0.4 is 25.7 Å². The first-order valence-electron chi connectivity index (χ1n) is 9.29. The number of ether oxygens (including phenoxy) is 2. The Kier molecular flexibility index (Phi) is 6.73. The summed E-state index contributed by atoms with van der Waals surface area (Å²) in [4.78, 5) is 15.9. The van der Waals surface area contributed by atoms with Crippen LogP contribution in [0.2, 0.25) is 0 Å². The van der Waals surface area contributed by atoms with Gasteiger partial charge < -0.3 is 24.7 Å². The number of fused-ring (bicyclic) bond motifs is 1. The zero-order chi connectivity index (χ0) is 18.9. The highest BCUT2D eigenvalue weighted by molar-refractivity contribution is 5.93. The Labute approximate surface area is 159 Å². The number of pyridine rings is 1. The number of nitrogens with zero attached hydrogens (tertiary/aromatic N) is 2. The van der Waals surface area contributed by atoms with E-state index in [-0.39, 0.29) is 5.56 Å². The van der Waals surface area contributed by atoms with Gasteiger partial charge in [-0.25, -0.2) is 0 Å². The highest BCUT2D eigenvalue weighted by Crippen LogP contribution is 2.32. The molecule has 1 aliphatic rings. The van der Waals surface area contributed by atoms with Gasteiger partial charge in [-0.3, -0.25) is 9.79 Å². The predicted octanol–water partition coefficient (Wildman–Crippen LogP) is 2.48. The maximum atomic E-state index is 11.7. The van der Waals surface area contributed by atoms with Gasteiger partial charge in [0, 0.05) is 50.6 Å². The van der Waals surface area contributed by atoms with Gasteiger partial charge in [-0.15, -0.1) is 0 Å². The molecule has 7 heteroatoms. The molecule has 27 heavy (non-hydrogen) atoms. The number of unbranched alkanes of at least 4 members (excludes halogenated alkanes) is 1. The quantitative estimate of drug-likeness (QED) is 0.464. The molecule has 2 N–H and O–H groups in total. The minimum Gasteiger partial charge on any atom is -0.490 e. The van der Waals surface area contributed by atoms with Crippen LogP contribution >= 0.6 is 0 Å². The SMILES string of the molecule is CN=C(NCCCCn1ccccc1=O)Nc1ccc2c(c1)OCCCO2. The molecule has 1 aromatic heterocycles. The van der Waals surface area contributed by atoms with E-state index in [1.165, 1.54) is 0 Å². The van der Waals surface area contributed by atoms with Crippen LogP contribution in [0.1, 0.15) is 19.3 Å². The van der Waals surface area contributed by atoms with Crippen LogP contribution in [0.4, 0.5) is 5.69 Å². The van der Waals surface area contributed by atoms with Gasteiger partial charge in [-0.1, -0.05) is 6.07 Å². The van der Waals surface area contributed by atoms with Gasteiger partial charge in [0.2, 0.25) is 5.56 Å². The standard InChI is InChI=1S/C20H26N4O3/c1-21-20(22-10-3-5-12-24-11-4-2-7-19(24)25)23-16-8-9-17-18(15-16)27-14-6-13-26-17/h2,4,7-9,11,15H,3,5-6,10,12-14H2,1H3,(H2,21,22,23). The van der Waals surface area contributed by atoms with Crippen LogP contribution in [0.25, 0.3) is 0 Å². The van der Waals surface area contributed by atoms with E-state index in [9.17, 15) is 4.79 Å². The molecule has 0 bridgehead atoms. The second-order valence-corrected chi connectivity index (χ2v) is 6.28. The molecule has 0 unspecified atom stereocenters.